The molecule has 1 N–H and O–H groups in total. The van der Waals surface area contributed by atoms with Crippen LogP contribution in [0, 0.1) is 0 Å². The molecule has 3 rings (SSSR count). The Labute approximate surface area is 150 Å². The molecule has 0 aliphatic carbocycles. The monoisotopic (exact) mass is 359 g/mol. The Morgan fingerprint density at radius 2 is 2.24 bits per heavy atom. The number of tetrazole rings is 1. The van der Waals surface area contributed by atoms with Crippen molar-refractivity contribution in [3.05, 3.63) is 41.2 Å². The van der Waals surface area contributed by atoms with Crippen molar-refractivity contribution in [1.29, 1.82) is 0 Å². The number of rotatable bonds is 5. The van der Waals surface area contributed by atoms with Crippen LogP contribution in [0.15, 0.2) is 29.8 Å². The van der Waals surface area contributed by atoms with Gasteiger partial charge in [0.1, 0.15) is 5.75 Å². The Morgan fingerprint density at radius 1 is 1.44 bits per heavy atom. The number of piperidine rings is 1. The number of carbonyl (C=O) groups excluding carboxylic acids is 1. The van der Waals surface area contributed by atoms with Gasteiger partial charge in [0.25, 0.3) is 0 Å². The highest BCUT2D eigenvalue weighted by Crippen LogP contribution is 2.26. The quantitative estimate of drug-likeness (QED) is 0.871. The lowest BCUT2D eigenvalue weighted by Crippen LogP contribution is -2.32. The van der Waals surface area contributed by atoms with E-state index in [4.69, 9.17) is 4.74 Å². The molecule has 2 heterocycles. The molecule has 0 spiro atoms. The number of ether oxygens (including phenoxy) is 1. The number of hydrogen-bond donors (Lipinski definition) is 1. The molecule has 0 bridgehead atoms. The van der Waals surface area contributed by atoms with Crippen molar-refractivity contribution in [3.63, 3.8) is 0 Å². The van der Waals surface area contributed by atoms with Crippen LogP contribution < -0.4 is 10.1 Å². The topological polar surface area (TPSA) is 81.9 Å². The number of thioether (sulfide) groups is 1. The fraction of sp³-hybridized carbons (Fsp3) is 0.412. The summed E-state index contributed by atoms with van der Waals surface area (Å²) in [7, 11) is 1.65. The molecule has 1 unspecified atom stereocenters. The number of carbonyl (C=O) groups is 1. The van der Waals surface area contributed by atoms with E-state index in [-0.39, 0.29) is 10.4 Å². The van der Waals surface area contributed by atoms with Crippen molar-refractivity contribution in [3.8, 4) is 5.75 Å². The highest BCUT2D eigenvalue weighted by Gasteiger charge is 2.21. The van der Waals surface area contributed by atoms with E-state index in [0.717, 1.165) is 36.4 Å². The van der Waals surface area contributed by atoms with Crippen LogP contribution in [0.4, 0.5) is 0 Å². The van der Waals surface area contributed by atoms with Gasteiger partial charge in [-0.25, -0.2) is 4.68 Å². The lowest BCUT2D eigenvalue weighted by Gasteiger charge is -2.24. The minimum atomic E-state index is 0.135. The van der Waals surface area contributed by atoms with Crippen molar-refractivity contribution in [2.45, 2.75) is 25.1 Å². The standard InChI is InChI=1S/C17H21N5O2S/c1-12(23)25-16-7-8-18-10-14(16)9-17-19-20-21-22(17)11-13-3-5-15(24-2)6-4-13/h3-6,9,16,18H,7-8,10-11H2,1-2H3/b14-9-. The normalized spacial score (nSPS) is 19.1. The molecule has 1 atom stereocenters. The Morgan fingerprint density at radius 3 is 2.96 bits per heavy atom. The van der Waals surface area contributed by atoms with Crippen molar-refractivity contribution < 1.29 is 9.53 Å². The summed E-state index contributed by atoms with van der Waals surface area (Å²) in [5.41, 5.74) is 2.24. The third-order valence-electron chi connectivity index (χ3n) is 4.00. The van der Waals surface area contributed by atoms with E-state index in [1.54, 1.807) is 18.7 Å². The largest absolute Gasteiger partial charge is 0.497 e. The van der Waals surface area contributed by atoms with Gasteiger partial charge < -0.3 is 10.1 Å². The Bertz CT molecular complexity index is 757. The van der Waals surface area contributed by atoms with Crippen molar-refractivity contribution >= 4 is 23.0 Å². The van der Waals surface area contributed by atoms with Gasteiger partial charge in [-0.2, -0.15) is 0 Å². The molecule has 1 aromatic carbocycles. The van der Waals surface area contributed by atoms with Gasteiger partial charge in [-0.1, -0.05) is 23.9 Å². The molecular formula is C17H21N5O2S. The van der Waals surface area contributed by atoms with Crippen LogP contribution in [0.3, 0.4) is 0 Å². The van der Waals surface area contributed by atoms with Crippen LogP contribution in [-0.2, 0) is 11.3 Å². The number of aromatic nitrogens is 4. The second kappa shape index (κ2) is 8.26. The van der Waals surface area contributed by atoms with E-state index < -0.39 is 0 Å². The molecule has 1 aliphatic heterocycles. The molecule has 1 fully saturated rings. The van der Waals surface area contributed by atoms with E-state index in [1.807, 2.05) is 30.3 Å². The molecule has 1 saturated heterocycles. The fourth-order valence-corrected chi connectivity index (χ4v) is 3.68. The Balaban J connectivity index is 1.78. The van der Waals surface area contributed by atoms with Gasteiger partial charge in [0, 0.05) is 18.7 Å². The molecule has 25 heavy (non-hydrogen) atoms. The third kappa shape index (κ3) is 4.67. The maximum absolute atomic E-state index is 11.5. The molecule has 1 aliphatic rings. The Hall–Kier alpha value is -2.19. The summed E-state index contributed by atoms with van der Waals surface area (Å²) in [6.45, 7) is 3.85. The second-order valence-electron chi connectivity index (χ2n) is 5.83. The minimum absolute atomic E-state index is 0.135. The highest BCUT2D eigenvalue weighted by atomic mass is 32.2. The number of nitrogens with one attached hydrogen (secondary N) is 1. The van der Waals surface area contributed by atoms with Crippen LogP contribution in [0.5, 0.6) is 5.75 Å². The summed E-state index contributed by atoms with van der Waals surface area (Å²) >= 11 is 1.38. The van der Waals surface area contributed by atoms with Gasteiger partial charge in [-0.05, 0) is 52.7 Å². The minimum Gasteiger partial charge on any atom is -0.497 e. The molecule has 0 radical (unpaired) electrons. The maximum atomic E-state index is 11.5. The molecule has 7 nitrogen and oxygen atoms in total. The van der Waals surface area contributed by atoms with E-state index in [2.05, 4.69) is 20.8 Å². The first kappa shape index (κ1) is 17.6. The number of methoxy groups -OCH3 is 1. The van der Waals surface area contributed by atoms with Gasteiger partial charge in [0.2, 0.25) is 0 Å². The van der Waals surface area contributed by atoms with E-state index in [9.17, 15) is 4.79 Å². The zero-order valence-electron chi connectivity index (χ0n) is 14.3. The summed E-state index contributed by atoms with van der Waals surface area (Å²) in [5, 5.41) is 15.7. The fourth-order valence-electron chi connectivity index (χ4n) is 2.74. The summed E-state index contributed by atoms with van der Waals surface area (Å²) in [4.78, 5) is 11.5. The summed E-state index contributed by atoms with van der Waals surface area (Å²) in [5.74, 6) is 1.52. The molecule has 0 amide bonds. The predicted molar refractivity (Wildman–Crippen MR) is 97.4 cm³/mol. The van der Waals surface area contributed by atoms with E-state index in [0.29, 0.717) is 12.4 Å². The SMILES string of the molecule is COc1ccc(Cn2nnnc2/C=C2/CNCCC2SC(C)=O)cc1. The summed E-state index contributed by atoms with van der Waals surface area (Å²) in [6, 6.07) is 7.83. The number of nitrogens with zero attached hydrogens (tertiary/aromatic N) is 4. The zero-order valence-corrected chi connectivity index (χ0v) is 15.1. The van der Waals surface area contributed by atoms with Crippen LogP contribution >= 0.6 is 11.8 Å². The average molecular weight is 359 g/mol. The smallest absolute Gasteiger partial charge is 0.186 e. The molecule has 0 saturated carbocycles. The van der Waals surface area contributed by atoms with Gasteiger partial charge in [-0.15, -0.1) is 5.10 Å². The summed E-state index contributed by atoms with van der Waals surface area (Å²) < 4.78 is 6.94. The number of benzene rings is 1. The molecule has 132 valence electrons. The van der Waals surface area contributed by atoms with Gasteiger partial charge >= 0.3 is 0 Å². The number of hydrogen-bond acceptors (Lipinski definition) is 7. The average Bonchev–Trinajstić information content (AvgIpc) is 3.04. The predicted octanol–water partition coefficient (Wildman–Crippen LogP) is 1.75. The molecule has 2 aromatic rings. The first-order valence-corrected chi connectivity index (χ1v) is 9.01. The highest BCUT2D eigenvalue weighted by molar-refractivity contribution is 8.14. The van der Waals surface area contributed by atoms with Crippen molar-refractivity contribution in [2.24, 2.45) is 0 Å². The van der Waals surface area contributed by atoms with E-state index in [1.165, 1.54) is 11.8 Å². The van der Waals surface area contributed by atoms with Crippen molar-refractivity contribution in [2.75, 3.05) is 20.2 Å². The van der Waals surface area contributed by atoms with Crippen LogP contribution in [0.2, 0.25) is 0 Å². The molecular weight excluding hydrogens is 338 g/mol. The van der Waals surface area contributed by atoms with Gasteiger partial charge in [0.05, 0.1) is 13.7 Å². The van der Waals surface area contributed by atoms with Crippen LogP contribution in [-0.4, -0.2) is 50.8 Å². The van der Waals surface area contributed by atoms with Crippen molar-refractivity contribution in [1.82, 2.24) is 25.5 Å². The lowest BCUT2D eigenvalue weighted by molar-refractivity contribution is -0.109. The summed E-state index contributed by atoms with van der Waals surface area (Å²) in [6.07, 6.45) is 2.92. The molecule has 8 heteroatoms. The van der Waals surface area contributed by atoms with Gasteiger partial charge in [-0.3, -0.25) is 4.79 Å². The van der Waals surface area contributed by atoms with Crippen LogP contribution in [0.25, 0.3) is 6.08 Å². The van der Waals surface area contributed by atoms with E-state index >= 15 is 0 Å². The third-order valence-corrected chi connectivity index (χ3v) is 5.15. The first-order chi connectivity index (χ1) is 12.2. The van der Waals surface area contributed by atoms with Crippen LogP contribution in [0.1, 0.15) is 24.7 Å². The lowest BCUT2D eigenvalue weighted by atomic mass is 10.1. The Kier molecular flexibility index (Phi) is 5.83. The second-order valence-corrected chi connectivity index (χ2v) is 7.21. The maximum Gasteiger partial charge on any atom is 0.186 e. The zero-order chi connectivity index (χ0) is 17.6. The van der Waals surface area contributed by atoms with Gasteiger partial charge in [0.15, 0.2) is 10.9 Å². The molecule has 1 aromatic heterocycles. The first-order valence-electron chi connectivity index (χ1n) is 8.13.